The van der Waals surface area contributed by atoms with Gasteiger partial charge in [0.05, 0.1) is 6.21 Å². The third kappa shape index (κ3) is 3.52. The Morgan fingerprint density at radius 2 is 2.20 bits per heavy atom. The van der Waals surface area contributed by atoms with Gasteiger partial charge in [-0.3, -0.25) is 9.69 Å². The number of hydrogen-bond acceptors (Lipinski definition) is 5. The molecule has 1 unspecified atom stereocenters. The minimum atomic E-state index is -0.140. The number of hydrazine groups is 1. The monoisotopic (exact) mass is 292 g/mol. The van der Waals surface area contributed by atoms with Gasteiger partial charge in [0, 0.05) is 17.5 Å². The summed E-state index contributed by atoms with van der Waals surface area (Å²) in [5, 5.41) is 4.40. The second-order valence-corrected chi connectivity index (χ2v) is 5.60. The fourth-order valence-electron chi connectivity index (χ4n) is 2.01. The molecule has 20 heavy (non-hydrogen) atoms. The van der Waals surface area contributed by atoms with Crippen molar-refractivity contribution in [2.75, 3.05) is 13.1 Å². The zero-order valence-electron chi connectivity index (χ0n) is 12.0. The van der Waals surface area contributed by atoms with Gasteiger partial charge in [-0.05, 0) is 32.1 Å². The lowest BCUT2D eigenvalue weighted by Gasteiger charge is -2.23. The van der Waals surface area contributed by atoms with Gasteiger partial charge in [-0.25, -0.2) is 5.43 Å². The molecule has 2 rings (SSSR count). The maximum Gasteiger partial charge on any atom is 0.271 e. The Morgan fingerprint density at radius 3 is 2.85 bits per heavy atom. The summed E-state index contributed by atoms with van der Waals surface area (Å²) in [4.78, 5) is 14.4. The second kappa shape index (κ2) is 6.76. The lowest BCUT2D eigenvalue weighted by atomic mass is 10.1. The fraction of sp³-hybridized carbons (Fsp3) is 0.429. The smallest absolute Gasteiger partial charge is 0.271 e. The molecule has 6 heteroatoms. The van der Waals surface area contributed by atoms with E-state index in [4.69, 9.17) is 0 Å². The molecule has 1 N–H and O–H groups in total. The predicted molar refractivity (Wildman–Crippen MR) is 83.3 cm³/mol. The van der Waals surface area contributed by atoms with E-state index in [0.717, 1.165) is 18.7 Å². The number of hydrazone groups is 1. The fourth-order valence-corrected chi connectivity index (χ4v) is 3.00. The van der Waals surface area contributed by atoms with Crippen LogP contribution in [0.1, 0.15) is 29.8 Å². The van der Waals surface area contributed by atoms with Crippen molar-refractivity contribution in [3.8, 4) is 0 Å². The van der Waals surface area contributed by atoms with Crippen molar-refractivity contribution < 1.29 is 4.79 Å². The molecule has 1 aromatic carbocycles. The van der Waals surface area contributed by atoms with Crippen LogP contribution in [0.3, 0.4) is 0 Å². The van der Waals surface area contributed by atoms with Crippen LogP contribution >= 0.6 is 11.9 Å². The standard InChI is InChI=1S/C14H20N4OS/c1-4-17(5-2)13-10-15-18(20-13)16-14(19)12-8-6-7-11(3)9-12/h6-10,13H,4-5H2,1-3H3,(H,16,19). The average molecular weight is 292 g/mol. The zero-order chi connectivity index (χ0) is 14.5. The Balaban J connectivity index is 1.93. The van der Waals surface area contributed by atoms with Gasteiger partial charge in [-0.2, -0.15) is 5.10 Å². The molecular formula is C14H20N4OS. The summed E-state index contributed by atoms with van der Waals surface area (Å²) in [6.45, 7) is 8.12. The van der Waals surface area contributed by atoms with Crippen LogP contribution in [0.5, 0.6) is 0 Å². The Bertz CT molecular complexity index is 502. The quantitative estimate of drug-likeness (QED) is 0.846. The molecular weight excluding hydrogens is 272 g/mol. The van der Waals surface area contributed by atoms with E-state index >= 15 is 0 Å². The summed E-state index contributed by atoms with van der Waals surface area (Å²) in [6, 6.07) is 7.51. The second-order valence-electron chi connectivity index (χ2n) is 4.57. The first kappa shape index (κ1) is 14.9. The van der Waals surface area contributed by atoms with Gasteiger partial charge in [0.15, 0.2) is 0 Å². The van der Waals surface area contributed by atoms with Crippen LogP contribution in [0, 0.1) is 6.92 Å². The molecule has 0 aliphatic carbocycles. The molecule has 1 aromatic rings. The highest BCUT2D eigenvalue weighted by Crippen LogP contribution is 2.23. The van der Waals surface area contributed by atoms with Crippen molar-refractivity contribution in [1.82, 2.24) is 14.8 Å². The van der Waals surface area contributed by atoms with Gasteiger partial charge in [-0.1, -0.05) is 31.5 Å². The Hall–Kier alpha value is -1.53. The van der Waals surface area contributed by atoms with Crippen LogP contribution < -0.4 is 5.43 Å². The minimum absolute atomic E-state index is 0.140. The Kier molecular flexibility index (Phi) is 5.03. The number of carbonyl (C=O) groups is 1. The third-order valence-electron chi connectivity index (χ3n) is 3.16. The Labute approximate surface area is 124 Å². The molecule has 1 aliphatic rings. The molecule has 5 nitrogen and oxygen atoms in total. The van der Waals surface area contributed by atoms with E-state index in [9.17, 15) is 4.79 Å². The van der Waals surface area contributed by atoms with E-state index in [1.807, 2.05) is 31.3 Å². The highest BCUT2D eigenvalue weighted by molar-refractivity contribution is 7.98. The normalized spacial score (nSPS) is 17.8. The van der Waals surface area contributed by atoms with E-state index in [0.29, 0.717) is 5.56 Å². The van der Waals surface area contributed by atoms with Crippen LogP contribution in [-0.2, 0) is 0 Å². The summed E-state index contributed by atoms with van der Waals surface area (Å²) >= 11 is 1.50. The van der Waals surface area contributed by atoms with Crippen LogP contribution in [-0.4, -0.2) is 40.0 Å². The highest BCUT2D eigenvalue weighted by Gasteiger charge is 2.24. The largest absolute Gasteiger partial charge is 0.286 e. The zero-order valence-corrected chi connectivity index (χ0v) is 12.9. The van der Waals surface area contributed by atoms with Gasteiger partial charge in [0.1, 0.15) is 5.37 Å². The van der Waals surface area contributed by atoms with Crippen LogP contribution in [0.15, 0.2) is 29.4 Å². The van der Waals surface area contributed by atoms with E-state index in [1.165, 1.54) is 16.5 Å². The van der Waals surface area contributed by atoms with Gasteiger partial charge in [0.25, 0.3) is 5.91 Å². The molecule has 0 saturated heterocycles. The van der Waals surface area contributed by atoms with Crippen LogP contribution in [0.25, 0.3) is 0 Å². The molecule has 1 atom stereocenters. The number of hydrogen-bond donors (Lipinski definition) is 1. The van der Waals surface area contributed by atoms with Crippen molar-refractivity contribution in [2.24, 2.45) is 5.10 Å². The first-order valence-electron chi connectivity index (χ1n) is 6.76. The lowest BCUT2D eigenvalue weighted by Crippen LogP contribution is -2.36. The van der Waals surface area contributed by atoms with Crippen molar-refractivity contribution in [3.63, 3.8) is 0 Å². The molecule has 1 amide bonds. The molecule has 108 valence electrons. The summed E-state index contributed by atoms with van der Waals surface area (Å²) in [5.74, 6) is -0.140. The summed E-state index contributed by atoms with van der Waals surface area (Å²) in [7, 11) is 0. The van der Waals surface area contributed by atoms with Crippen molar-refractivity contribution in [1.29, 1.82) is 0 Å². The number of nitrogens with one attached hydrogen (secondary N) is 1. The first-order chi connectivity index (χ1) is 9.63. The van der Waals surface area contributed by atoms with Crippen molar-refractivity contribution >= 4 is 24.1 Å². The van der Waals surface area contributed by atoms with Crippen molar-refractivity contribution in [3.05, 3.63) is 35.4 Å². The molecule has 1 heterocycles. The summed E-state index contributed by atoms with van der Waals surface area (Å²) < 4.78 is 1.54. The third-order valence-corrected chi connectivity index (χ3v) is 4.18. The molecule has 0 radical (unpaired) electrons. The first-order valence-corrected chi connectivity index (χ1v) is 7.60. The number of aryl methyl sites for hydroxylation is 1. The topological polar surface area (TPSA) is 47.9 Å². The molecule has 0 fully saturated rings. The van der Waals surface area contributed by atoms with E-state index in [2.05, 4.69) is 29.3 Å². The maximum absolute atomic E-state index is 12.1. The maximum atomic E-state index is 12.1. The number of amides is 1. The molecule has 0 aromatic heterocycles. The van der Waals surface area contributed by atoms with Gasteiger partial charge in [-0.15, -0.1) is 4.52 Å². The van der Waals surface area contributed by atoms with Gasteiger partial charge in [0.2, 0.25) is 0 Å². The van der Waals surface area contributed by atoms with Gasteiger partial charge >= 0.3 is 0 Å². The predicted octanol–water partition coefficient (Wildman–Crippen LogP) is 2.26. The SMILES string of the molecule is CCN(CC)C1C=NN(NC(=O)c2cccc(C)c2)S1. The molecule has 1 aliphatic heterocycles. The summed E-state index contributed by atoms with van der Waals surface area (Å²) in [5.41, 5.74) is 4.50. The van der Waals surface area contributed by atoms with Crippen LogP contribution in [0.2, 0.25) is 0 Å². The number of nitrogens with zero attached hydrogens (tertiary/aromatic N) is 3. The summed E-state index contributed by atoms with van der Waals surface area (Å²) in [6.07, 6.45) is 1.86. The molecule has 0 saturated carbocycles. The van der Waals surface area contributed by atoms with Gasteiger partial charge < -0.3 is 0 Å². The average Bonchev–Trinajstić information content (AvgIpc) is 2.88. The van der Waals surface area contributed by atoms with Crippen molar-refractivity contribution in [2.45, 2.75) is 26.1 Å². The molecule has 0 bridgehead atoms. The molecule has 0 spiro atoms. The number of carbonyl (C=O) groups excluding carboxylic acids is 1. The highest BCUT2D eigenvalue weighted by atomic mass is 32.2. The van der Waals surface area contributed by atoms with E-state index in [1.54, 1.807) is 6.07 Å². The number of benzene rings is 1. The van der Waals surface area contributed by atoms with E-state index < -0.39 is 0 Å². The Morgan fingerprint density at radius 1 is 1.45 bits per heavy atom. The van der Waals surface area contributed by atoms with Crippen LogP contribution in [0.4, 0.5) is 0 Å². The minimum Gasteiger partial charge on any atom is -0.286 e. The number of rotatable bonds is 5. The van der Waals surface area contributed by atoms with E-state index in [-0.39, 0.29) is 11.3 Å². The lowest BCUT2D eigenvalue weighted by molar-refractivity contribution is 0.0891.